The Morgan fingerprint density at radius 2 is 1.76 bits per heavy atom. The third-order valence-corrected chi connectivity index (χ3v) is 5.56. The number of hydrogen-bond donors (Lipinski definition) is 1. The molecule has 0 aliphatic carbocycles. The van der Waals surface area contributed by atoms with Crippen LogP contribution >= 0.6 is 0 Å². The zero-order chi connectivity index (χ0) is 20.6. The van der Waals surface area contributed by atoms with E-state index in [-0.39, 0.29) is 17.7 Å². The lowest BCUT2D eigenvalue weighted by molar-refractivity contribution is -0.134. The molecule has 3 rings (SSSR count). The zero-order valence-corrected chi connectivity index (χ0v) is 17.2. The molecule has 0 bridgehead atoms. The highest BCUT2D eigenvalue weighted by atomic mass is 16.2. The van der Waals surface area contributed by atoms with Crippen LogP contribution in [0.15, 0.2) is 54.6 Å². The highest BCUT2D eigenvalue weighted by Gasteiger charge is 2.30. The van der Waals surface area contributed by atoms with Crippen LogP contribution in [-0.4, -0.2) is 54.3 Å². The summed E-state index contributed by atoms with van der Waals surface area (Å²) in [6, 6.07) is 18.6. The maximum absolute atomic E-state index is 13.3. The van der Waals surface area contributed by atoms with Crippen molar-refractivity contribution in [3.05, 3.63) is 60.2 Å². The third-order valence-electron chi connectivity index (χ3n) is 5.56. The third kappa shape index (κ3) is 5.67. The SMILES string of the molecule is CCCN1CCN(CCC(N)=O)C[C@@H](Cc2ccccc2-c2ccccc2)C1=O. The quantitative estimate of drug-likeness (QED) is 0.750. The molecule has 1 aliphatic rings. The van der Waals surface area contributed by atoms with Crippen molar-refractivity contribution in [1.29, 1.82) is 0 Å². The van der Waals surface area contributed by atoms with E-state index >= 15 is 0 Å². The van der Waals surface area contributed by atoms with Crippen molar-refractivity contribution in [1.82, 2.24) is 9.80 Å². The first-order chi connectivity index (χ1) is 14.1. The van der Waals surface area contributed by atoms with Gasteiger partial charge in [0.05, 0.1) is 5.92 Å². The number of hydrogen-bond acceptors (Lipinski definition) is 3. The fourth-order valence-electron chi connectivity index (χ4n) is 4.09. The Balaban J connectivity index is 1.84. The maximum Gasteiger partial charge on any atom is 0.227 e. The Bertz CT molecular complexity index is 822. The number of rotatable bonds is 8. The van der Waals surface area contributed by atoms with Gasteiger partial charge in [0.2, 0.25) is 11.8 Å². The van der Waals surface area contributed by atoms with Gasteiger partial charge in [-0.1, -0.05) is 61.5 Å². The first-order valence-electron chi connectivity index (χ1n) is 10.5. The van der Waals surface area contributed by atoms with E-state index < -0.39 is 0 Å². The van der Waals surface area contributed by atoms with Crippen molar-refractivity contribution in [2.24, 2.45) is 11.7 Å². The van der Waals surface area contributed by atoms with Gasteiger partial charge in [-0.3, -0.25) is 9.59 Å². The predicted octanol–water partition coefficient (Wildman–Crippen LogP) is 2.94. The minimum atomic E-state index is -0.294. The number of carbonyl (C=O) groups excluding carboxylic acids is 2. The van der Waals surface area contributed by atoms with Crippen molar-refractivity contribution in [3.63, 3.8) is 0 Å². The van der Waals surface area contributed by atoms with Crippen LogP contribution in [0.2, 0.25) is 0 Å². The van der Waals surface area contributed by atoms with E-state index in [0.717, 1.165) is 19.5 Å². The molecule has 0 aromatic heterocycles. The lowest BCUT2D eigenvalue weighted by atomic mass is 9.91. The van der Waals surface area contributed by atoms with Gasteiger partial charge in [-0.25, -0.2) is 0 Å². The molecule has 1 aliphatic heterocycles. The van der Waals surface area contributed by atoms with Gasteiger partial charge in [0.25, 0.3) is 0 Å². The van der Waals surface area contributed by atoms with E-state index in [1.807, 2.05) is 35.2 Å². The Kier molecular flexibility index (Phi) is 7.42. The minimum Gasteiger partial charge on any atom is -0.370 e. The topological polar surface area (TPSA) is 66.6 Å². The average Bonchev–Trinajstić information content (AvgIpc) is 2.87. The Hall–Kier alpha value is -2.66. The molecule has 2 aromatic carbocycles. The largest absolute Gasteiger partial charge is 0.370 e. The highest BCUT2D eigenvalue weighted by molar-refractivity contribution is 5.80. The molecule has 2 amide bonds. The molecule has 2 N–H and O–H groups in total. The van der Waals surface area contributed by atoms with E-state index in [4.69, 9.17) is 5.73 Å². The van der Waals surface area contributed by atoms with E-state index in [1.54, 1.807) is 0 Å². The van der Waals surface area contributed by atoms with Crippen LogP contribution in [0.25, 0.3) is 11.1 Å². The van der Waals surface area contributed by atoms with Gasteiger partial charge in [-0.05, 0) is 29.5 Å². The van der Waals surface area contributed by atoms with Gasteiger partial charge >= 0.3 is 0 Å². The number of primary amides is 1. The summed E-state index contributed by atoms with van der Waals surface area (Å²) in [5, 5.41) is 0. The molecule has 1 heterocycles. The lowest BCUT2D eigenvalue weighted by Crippen LogP contribution is -2.38. The van der Waals surface area contributed by atoms with Crippen molar-refractivity contribution >= 4 is 11.8 Å². The first-order valence-corrected chi connectivity index (χ1v) is 10.5. The number of amides is 2. The number of benzene rings is 2. The molecule has 1 fully saturated rings. The predicted molar refractivity (Wildman–Crippen MR) is 116 cm³/mol. The van der Waals surface area contributed by atoms with Gasteiger partial charge in [0.1, 0.15) is 0 Å². The van der Waals surface area contributed by atoms with Gasteiger partial charge < -0.3 is 15.5 Å². The summed E-state index contributed by atoms with van der Waals surface area (Å²) < 4.78 is 0. The molecule has 2 aromatic rings. The van der Waals surface area contributed by atoms with Crippen LogP contribution in [0.5, 0.6) is 0 Å². The summed E-state index contributed by atoms with van der Waals surface area (Å²) in [7, 11) is 0. The van der Waals surface area contributed by atoms with Crippen molar-refractivity contribution in [3.8, 4) is 11.1 Å². The first kappa shape index (κ1) is 21.1. The normalized spacial score (nSPS) is 17.9. The minimum absolute atomic E-state index is 0.123. The summed E-state index contributed by atoms with van der Waals surface area (Å²) in [6.07, 6.45) is 1.97. The summed E-state index contributed by atoms with van der Waals surface area (Å²) in [5.74, 6) is -0.199. The van der Waals surface area contributed by atoms with Gasteiger partial charge in [0.15, 0.2) is 0 Å². The summed E-state index contributed by atoms with van der Waals surface area (Å²) >= 11 is 0. The smallest absolute Gasteiger partial charge is 0.227 e. The molecule has 0 spiro atoms. The van der Waals surface area contributed by atoms with E-state index in [1.165, 1.54) is 16.7 Å². The van der Waals surface area contributed by atoms with Crippen molar-refractivity contribution < 1.29 is 9.59 Å². The second-order valence-corrected chi connectivity index (χ2v) is 7.77. The van der Waals surface area contributed by atoms with E-state index in [9.17, 15) is 9.59 Å². The fraction of sp³-hybridized carbons (Fsp3) is 0.417. The molecule has 29 heavy (non-hydrogen) atoms. The molecule has 154 valence electrons. The second-order valence-electron chi connectivity index (χ2n) is 7.77. The molecular weight excluding hydrogens is 362 g/mol. The molecule has 1 saturated heterocycles. The van der Waals surface area contributed by atoms with E-state index in [0.29, 0.717) is 32.5 Å². The summed E-state index contributed by atoms with van der Waals surface area (Å²) in [5.41, 5.74) is 8.88. The maximum atomic E-state index is 13.3. The summed E-state index contributed by atoms with van der Waals surface area (Å²) in [4.78, 5) is 28.7. The average molecular weight is 394 g/mol. The lowest BCUT2D eigenvalue weighted by Gasteiger charge is -2.24. The number of nitrogens with two attached hydrogens (primary N) is 1. The standard InChI is InChI=1S/C24H31N3O2/c1-2-13-27-16-15-26(14-12-23(25)28)18-21(24(27)29)17-20-10-6-7-11-22(20)19-8-4-3-5-9-19/h3-11,21H,2,12-18H2,1H3,(H2,25,28)/t21-/m1/s1. The number of nitrogens with zero attached hydrogens (tertiary/aromatic N) is 2. The van der Waals surface area contributed by atoms with Crippen LogP contribution in [0.1, 0.15) is 25.3 Å². The molecular formula is C24H31N3O2. The Labute approximate surface area is 173 Å². The second kappa shape index (κ2) is 10.2. The molecule has 5 heteroatoms. The van der Waals surface area contributed by atoms with Crippen LogP contribution in [0.4, 0.5) is 0 Å². The van der Waals surface area contributed by atoms with Gasteiger partial charge in [0, 0.05) is 39.1 Å². The highest BCUT2D eigenvalue weighted by Crippen LogP contribution is 2.27. The van der Waals surface area contributed by atoms with Crippen molar-refractivity contribution in [2.45, 2.75) is 26.2 Å². The van der Waals surface area contributed by atoms with Crippen LogP contribution in [0, 0.1) is 5.92 Å². The van der Waals surface area contributed by atoms with Gasteiger partial charge in [-0.15, -0.1) is 0 Å². The monoisotopic (exact) mass is 393 g/mol. The Morgan fingerprint density at radius 1 is 1.03 bits per heavy atom. The molecule has 1 atom stereocenters. The molecule has 5 nitrogen and oxygen atoms in total. The fourth-order valence-corrected chi connectivity index (χ4v) is 4.09. The summed E-state index contributed by atoms with van der Waals surface area (Å²) in [6.45, 7) is 5.65. The van der Waals surface area contributed by atoms with Gasteiger partial charge in [-0.2, -0.15) is 0 Å². The van der Waals surface area contributed by atoms with Crippen molar-refractivity contribution in [2.75, 3.05) is 32.7 Å². The van der Waals surface area contributed by atoms with E-state index in [2.05, 4.69) is 36.1 Å². The van der Waals surface area contributed by atoms with Crippen LogP contribution in [0.3, 0.4) is 0 Å². The number of carbonyl (C=O) groups is 2. The molecule has 0 radical (unpaired) electrons. The van der Waals surface area contributed by atoms with Crippen LogP contribution in [-0.2, 0) is 16.0 Å². The molecule has 0 unspecified atom stereocenters. The zero-order valence-electron chi connectivity index (χ0n) is 17.2. The Morgan fingerprint density at radius 3 is 2.48 bits per heavy atom. The molecule has 0 saturated carbocycles. The van der Waals surface area contributed by atoms with Crippen LogP contribution < -0.4 is 5.73 Å².